The van der Waals surface area contributed by atoms with Gasteiger partial charge in [0.05, 0.1) is 22.4 Å². The number of nitrogens with one attached hydrogen (secondary N) is 1. The van der Waals surface area contributed by atoms with Crippen molar-refractivity contribution in [2.45, 2.75) is 13.0 Å². The van der Waals surface area contributed by atoms with Crippen molar-refractivity contribution in [2.24, 2.45) is 0 Å². The first kappa shape index (κ1) is 18.6. The third-order valence-corrected chi connectivity index (χ3v) is 4.94. The molecule has 0 spiro atoms. The molecule has 1 saturated heterocycles. The van der Waals surface area contributed by atoms with Crippen LogP contribution in [0.2, 0.25) is 5.02 Å². The standard InChI is InChI=1S/C19H20ClF2N3O/c1-13(19(26)23-17-7-6-14(21)12-16(17)22)24-8-10-25(11-9-24)18-5-3-2-4-15(18)20/h2-7,12-13H,8-11H2,1H3,(H,23,26)/t13-/m1/s1. The molecule has 3 rings (SSSR count). The second-order valence-corrected chi connectivity index (χ2v) is 6.67. The molecule has 2 aromatic rings. The molecule has 1 heterocycles. The Labute approximate surface area is 156 Å². The van der Waals surface area contributed by atoms with Crippen molar-refractivity contribution in [3.8, 4) is 0 Å². The molecule has 138 valence electrons. The number of halogens is 3. The van der Waals surface area contributed by atoms with Crippen molar-refractivity contribution < 1.29 is 13.6 Å². The number of para-hydroxylation sites is 1. The van der Waals surface area contributed by atoms with E-state index in [4.69, 9.17) is 11.6 Å². The predicted molar refractivity (Wildman–Crippen MR) is 99.7 cm³/mol. The highest BCUT2D eigenvalue weighted by atomic mass is 35.5. The lowest BCUT2D eigenvalue weighted by atomic mass is 10.2. The Morgan fingerprint density at radius 2 is 1.81 bits per heavy atom. The molecule has 4 nitrogen and oxygen atoms in total. The summed E-state index contributed by atoms with van der Waals surface area (Å²) in [5.74, 6) is -1.78. The zero-order chi connectivity index (χ0) is 18.7. The minimum atomic E-state index is -0.783. The highest BCUT2D eigenvalue weighted by Gasteiger charge is 2.26. The highest BCUT2D eigenvalue weighted by molar-refractivity contribution is 6.33. The van der Waals surface area contributed by atoms with Crippen LogP contribution in [0.15, 0.2) is 42.5 Å². The molecule has 1 N–H and O–H groups in total. The molecule has 0 bridgehead atoms. The summed E-state index contributed by atoms with van der Waals surface area (Å²) in [7, 11) is 0. The van der Waals surface area contributed by atoms with Crippen molar-refractivity contribution in [1.82, 2.24) is 4.90 Å². The average Bonchev–Trinajstić information content (AvgIpc) is 2.64. The van der Waals surface area contributed by atoms with Crippen LogP contribution in [-0.4, -0.2) is 43.0 Å². The number of hydrogen-bond donors (Lipinski definition) is 1. The fourth-order valence-electron chi connectivity index (χ4n) is 3.05. The first-order valence-electron chi connectivity index (χ1n) is 8.45. The summed E-state index contributed by atoms with van der Waals surface area (Å²) in [5, 5.41) is 3.24. The normalized spacial score (nSPS) is 16.4. The zero-order valence-corrected chi connectivity index (χ0v) is 15.1. The Hall–Kier alpha value is -2.18. The molecular formula is C19H20ClF2N3O. The van der Waals surface area contributed by atoms with E-state index in [1.54, 1.807) is 6.92 Å². The molecule has 0 radical (unpaired) electrons. The van der Waals surface area contributed by atoms with Gasteiger partial charge in [-0.3, -0.25) is 9.69 Å². The molecule has 1 atom stereocenters. The van der Waals surface area contributed by atoms with Gasteiger partial charge < -0.3 is 10.2 Å². The van der Waals surface area contributed by atoms with E-state index in [9.17, 15) is 13.6 Å². The van der Waals surface area contributed by atoms with Crippen molar-refractivity contribution in [1.29, 1.82) is 0 Å². The van der Waals surface area contributed by atoms with Crippen LogP contribution in [0, 0.1) is 11.6 Å². The Bertz CT molecular complexity index is 794. The number of piperazine rings is 1. The lowest BCUT2D eigenvalue weighted by Crippen LogP contribution is -2.53. The Morgan fingerprint density at radius 1 is 1.12 bits per heavy atom. The zero-order valence-electron chi connectivity index (χ0n) is 14.4. The maximum atomic E-state index is 13.7. The van der Waals surface area contributed by atoms with Crippen LogP contribution in [0.25, 0.3) is 0 Å². The van der Waals surface area contributed by atoms with Gasteiger partial charge in [-0.1, -0.05) is 23.7 Å². The number of amides is 1. The molecule has 0 unspecified atom stereocenters. The van der Waals surface area contributed by atoms with E-state index in [-0.39, 0.29) is 11.6 Å². The third kappa shape index (κ3) is 4.14. The van der Waals surface area contributed by atoms with Crippen LogP contribution in [-0.2, 0) is 4.79 Å². The van der Waals surface area contributed by atoms with Crippen molar-refractivity contribution in [3.05, 3.63) is 59.1 Å². The molecule has 26 heavy (non-hydrogen) atoms. The minimum absolute atomic E-state index is 0.0158. The summed E-state index contributed by atoms with van der Waals surface area (Å²) < 4.78 is 26.7. The smallest absolute Gasteiger partial charge is 0.241 e. The van der Waals surface area contributed by atoms with E-state index in [1.165, 1.54) is 6.07 Å². The number of carbonyl (C=O) groups is 1. The van der Waals surface area contributed by atoms with Gasteiger partial charge in [0.25, 0.3) is 0 Å². The minimum Gasteiger partial charge on any atom is -0.368 e. The summed E-state index contributed by atoms with van der Waals surface area (Å²) in [6.45, 7) is 4.64. The van der Waals surface area contributed by atoms with Crippen molar-refractivity contribution >= 4 is 28.9 Å². The molecule has 0 saturated carbocycles. The van der Waals surface area contributed by atoms with E-state index in [1.807, 2.05) is 29.2 Å². The lowest BCUT2D eigenvalue weighted by molar-refractivity contribution is -0.120. The fraction of sp³-hybridized carbons (Fsp3) is 0.316. The predicted octanol–water partition coefficient (Wildman–Crippen LogP) is 3.77. The molecule has 0 aromatic heterocycles. The molecule has 7 heteroatoms. The van der Waals surface area contributed by atoms with Crippen LogP contribution in [0.3, 0.4) is 0 Å². The van der Waals surface area contributed by atoms with Crippen molar-refractivity contribution in [2.75, 3.05) is 36.4 Å². The summed E-state index contributed by atoms with van der Waals surface area (Å²) in [6, 6.07) is 10.3. The van der Waals surface area contributed by atoms with E-state index < -0.39 is 17.7 Å². The Balaban J connectivity index is 1.58. The quantitative estimate of drug-likeness (QED) is 0.878. The maximum absolute atomic E-state index is 13.7. The average molecular weight is 380 g/mol. The van der Waals surface area contributed by atoms with Gasteiger partial charge in [0.15, 0.2) is 0 Å². The second kappa shape index (κ2) is 8.01. The first-order chi connectivity index (χ1) is 12.5. The van der Waals surface area contributed by atoms with Crippen LogP contribution >= 0.6 is 11.6 Å². The van der Waals surface area contributed by atoms with Crippen LogP contribution in [0.5, 0.6) is 0 Å². The van der Waals surface area contributed by atoms with Gasteiger partial charge in [-0.2, -0.15) is 0 Å². The van der Waals surface area contributed by atoms with Gasteiger partial charge in [0.1, 0.15) is 11.6 Å². The van der Waals surface area contributed by atoms with Gasteiger partial charge in [0, 0.05) is 32.2 Å². The monoisotopic (exact) mass is 379 g/mol. The molecule has 1 amide bonds. The van der Waals surface area contributed by atoms with Gasteiger partial charge in [-0.15, -0.1) is 0 Å². The maximum Gasteiger partial charge on any atom is 0.241 e. The number of nitrogens with zero attached hydrogens (tertiary/aromatic N) is 2. The largest absolute Gasteiger partial charge is 0.368 e. The fourth-order valence-corrected chi connectivity index (χ4v) is 3.31. The van der Waals surface area contributed by atoms with E-state index >= 15 is 0 Å². The number of carbonyl (C=O) groups excluding carboxylic acids is 1. The molecule has 1 fully saturated rings. The molecule has 1 aliphatic heterocycles. The number of rotatable bonds is 4. The Morgan fingerprint density at radius 3 is 2.46 bits per heavy atom. The lowest BCUT2D eigenvalue weighted by Gasteiger charge is -2.38. The number of benzene rings is 2. The molecule has 2 aromatic carbocycles. The van der Waals surface area contributed by atoms with E-state index in [0.29, 0.717) is 18.1 Å². The second-order valence-electron chi connectivity index (χ2n) is 6.26. The van der Waals surface area contributed by atoms with Gasteiger partial charge in [-0.25, -0.2) is 8.78 Å². The van der Waals surface area contributed by atoms with Gasteiger partial charge in [0.2, 0.25) is 5.91 Å². The topological polar surface area (TPSA) is 35.6 Å². The van der Waals surface area contributed by atoms with Gasteiger partial charge >= 0.3 is 0 Å². The summed E-state index contributed by atoms with van der Waals surface area (Å²) in [5.41, 5.74) is 0.970. The summed E-state index contributed by atoms with van der Waals surface area (Å²) >= 11 is 6.24. The number of hydrogen-bond acceptors (Lipinski definition) is 3. The number of anilines is 2. The van der Waals surface area contributed by atoms with Gasteiger partial charge in [-0.05, 0) is 31.2 Å². The summed E-state index contributed by atoms with van der Waals surface area (Å²) in [4.78, 5) is 16.6. The van der Waals surface area contributed by atoms with E-state index in [0.717, 1.165) is 30.9 Å². The molecule has 0 aliphatic carbocycles. The van der Waals surface area contributed by atoms with Crippen molar-refractivity contribution in [3.63, 3.8) is 0 Å². The van der Waals surface area contributed by atoms with Crippen LogP contribution in [0.1, 0.15) is 6.92 Å². The third-order valence-electron chi connectivity index (χ3n) is 4.62. The molecular weight excluding hydrogens is 360 g/mol. The molecule has 1 aliphatic rings. The SMILES string of the molecule is C[C@H](C(=O)Nc1ccc(F)cc1F)N1CCN(c2ccccc2Cl)CC1. The summed E-state index contributed by atoms with van der Waals surface area (Å²) in [6.07, 6.45) is 0. The Kier molecular flexibility index (Phi) is 5.74. The van der Waals surface area contributed by atoms with Crippen LogP contribution in [0.4, 0.5) is 20.2 Å². The first-order valence-corrected chi connectivity index (χ1v) is 8.83. The van der Waals surface area contributed by atoms with E-state index in [2.05, 4.69) is 10.2 Å². The van der Waals surface area contributed by atoms with Crippen LogP contribution < -0.4 is 10.2 Å². The highest BCUT2D eigenvalue weighted by Crippen LogP contribution is 2.26.